The summed E-state index contributed by atoms with van der Waals surface area (Å²) in [4.78, 5) is 8.70. The van der Waals surface area contributed by atoms with Crippen LogP contribution in [0, 0.1) is 0 Å². The molecule has 10 heteroatoms. The molecule has 1 aromatic heterocycles. The van der Waals surface area contributed by atoms with Crippen molar-refractivity contribution in [3.8, 4) is 0 Å². The Morgan fingerprint density at radius 1 is 1.26 bits per heavy atom. The van der Waals surface area contributed by atoms with E-state index in [0.717, 1.165) is 12.2 Å². The Kier molecular flexibility index (Phi) is 7.92. The van der Waals surface area contributed by atoms with Crippen molar-refractivity contribution in [3.63, 3.8) is 0 Å². The molecule has 9 nitrogen and oxygen atoms in total. The Morgan fingerprint density at radius 3 is 2.59 bits per heavy atom. The van der Waals surface area contributed by atoms with Crippen LogP contribution in [0.25, 0.3) is 0 Å². The topological polar surface area (TPSA) is 149 Å². The van der Waals surface area contributed by atoms with E-state index in [1.165, 1.54) is 11.8 Å². The zero-order valence-corrected chi connectivity index (χ0v) is 17.0. The fourth-order valence-corrected chi connectivity index (χ4v) is 3.68. The van der Waals surface area contributed by atoms with Crippen LogP contribution < -0.4 is 16.8 Å². The van der Waals surface area contributed by atoms with Crippen LogP contribution in [0.3, 0.4) is 0 Å². The van der Waals surface area contributed by atoms with Crippen LogP contribution >= 0.6 is 11.8 Å². The molecule has 2 unspecified atom stereocenters. The molecule has 0 aromatic carbocycles. The molecule has 1 aromatic rings. The van der Waals surface area contributed by atoms with Crippen molar-refractivity contribution >= 4 is 29.1 Å². The predicted octanol–water partition coefficient (Wildman–Crippen LogP) is 1.21. The molecule has 1 fully saturated rings. The predicted molar refractivity (Wildman–Crippen MR) is 107 cm³/mol. The number of hydrogen-bond donors (Lipinski definition) is 5. The fraction of sp³-hybridized carbons (Fsp3) is 0.765. The number of nitrogen functional groups attached to an aromatic ring is 2. The molecule has 1 heterocycles. The van der Waals surface area contributed by atoms with Gasteiger partial charge in [-0.05, 0) is 33.1 Å². The van der Waals surface area contributed by atoms with Crippen LogP contribution in [-0.4, -0.2) is 63.2 Å². The van der Waals surface area contributed by atoms with Gasteiger partial charge in [0.15, 0.2) is 22.6 Å². The van der Waals surface area contributed by atoms with E-state index in [0.29, 0.717) is 29.5 Å². The van der Waals surface area contributed by atoms with Crippen LogP contribution in [0.5, 0.6) is 0 Å². The Hall–Kier alpha value is -1.33. The van der Waals surface area contributed by atoms with Gasteiger partial charge >= 0.3 is 0 Å². The molecule has 27 heavy (non-hydrogen) atoms. The van der Waals surface area contributed by atoms with Gasteiger partial charge in [-0.25, -0.2) is 9.97 Å². The van der Waals surface area contributed by atoms with E-state index in [9.17, 15) is 5.11 Å². The van der Waals surface area contributed by atoms with Gasteiger partial charge < -0.3 is 36.5 Å². The van der Waals surface area contributed by atoms with E-state index >= 15 is 0 Å². The van der Waals surface area contributed by atoms with Gasteiger partial charge in [-0.1, -0.05) is 18.7 Å². The highest BCUT2D eigenvalue weighted by atomic mass is 32.2. The molecule has 0 radical (unpaired) electrons. The fourth-order valence-electron chi connectivity index (χ4n) is 2.98. The molecule has 7 N–H and O–H groups in total. The molecule has 154 valence electrons. The van der Waals surface area contributed by atoms with Crippen molar-refractivity contribution in [2.45, 2.75) is 69.2 Å². The molecule has 0 spiro atoms. The van der Waals surface area contributed by atoms with Gasteiger partial charge in [-0.2, -0.15) is 0 Å². The third-order valence-corrected chi connectivity index (χ3v) is 5.10. The van der Waals surface area contributed by atoms with E-state index in [-0.39, 0.29) is 37.3 Å². The van der Waals surface area contributed by atoms with Crippen LogP contribution in [0.15, 0.2) is 5.16 Å². The minimum Gasteiger partial charge on any atom is -0.394 e. The summed E-state index contributed by atoms with van der Waals surface area (Å²) >= 11 is 1.53. The Balaban J connectivity index is 2.10. The largest absolute Gasteiger partial charge is 0.394 e. The van der Waals surface area contributed by atoms with Crippen molar-refractivity contribution in [2.75, 3.05) is 35.8 Å². The summed E-state index contributed by atoms with van der Waals surface area (Å²) in [5.41, 5.74) is 12.3. The average molecular weight is 402 g/mol. The molecular weight excluding hydrogens is 370 g/mol. The first kappa shape index (κ1) is 22.0. The maximum atomic E-state index is 9.99. The summed E-state index contributed by atoms with van der Waals surface area (Å²) < 4.78 is 11.4. The standard InChI is InChI=1S/C17H31N5O4S/c1-4-7-27-16-21-14(19)13(18)15(22-16)20-10-8-11(25-6-5-23)12(9-10)26-17(2,3)24/h10-12,23-24H,4-9,18H2,1-3H3,(H3,19,20,21,22)/t10?,11?,12-/m0/s1. The van der Waals surface area contributed by atoms with Crippen LogP contribution in [0.2, 0.25) is 0 Å². The second-order valence-corrected chi connectivity index (χ2v) is 8.11. The van der Waals surface area contributed by atoms with Gasteiger partial charge in [0.2, 0.25) is 0 Å². The number of hydrogen-bond acceptors (Lipinski definition) is 10. The first-order chi connectivity index (χ1) is 12.7. The lowest BCUT2D eigenvalue weighted by molar-refractivity contribution is -0.224. The van der Waals surface area contributed by atoms with Crippen molar-refractivity contribution in [1.29, 1.82) is 0 Å². The van der Waals surface area contributed by atoms with E-state index in [1.807, 2.05) is 0 Å². The molecule has 1 aliphatic rings. The minimum absolute atomic E-state index is 0.0262. The second kappa shape index (κ2) is 9.74. The summed E-state index contributed by atoms with van der Waals surface area (Å²) in [7, 11) is 0. The number of thioether (sulfide) groups is 1. The lowest BCUT2D eigenvalue weighted by Crippen LogP contribution is -2.36. The number of rotatable bonds is 10. The number of nitrogens with zero attached hydrogens (tertiary/aromatic N) is 2. The van der Waals surface area contributed by atoms with Crippen LogP contribution in [0.4, 0.5) is 17.3 Å². The normalized spacial score (nSPS) is 22.9. The number of aliphatic hydroxyl groups excluding tert-OH is 1. The maximum Gasteiger partial charge on any atom is 0.191 e. The number of anilines is 3. The SMILES string of the molecule is CCCSc1nc(N)c(N)c(NC2CC(OCCO)[C@@H](OC(C)(C)O)C2)n1. The maximum absolute atomic E-state index is 9.99. The molecule has 1 saturated carbocycles. The lowest BCUT2D eigenvalue weighted by atomic mass is 10.2. The summed E-state index contributed by atoms with van der Waals surface area (Å²) in [6.45, 7) is 5.38. The van der Waals surface area contributed by atoms with E-state index < -0.39 is 5.79 Å². The Labute approximate surface area is 164 Å². The van der Waals surface area contributed by atoms with Crippen LogP contribution in [-0.2, 0) is 9.47 Å². The van der Waals surface area contributed by atoms with Gasteiger partial charge in [0.25, 0.3) is 0 Å². The van der Waals surface area contributed by atoms with E-state index in [2.05, 4.69) is 22.2 Å². The smallest absolute Gasteiger partial charge is 0.191 e. The van der Waals surface area contributed by atoms with Crippen molar-refractivity contribution < 1.29 is 19.7 Å². The summed E-state index contributed by atoms with van der Waals surface area (Å²) in [5, 5.41) is 22.9. The van der Waals surface area contributed by atoms with Gasteiger partial charge in [-0.15, -0.1) is 0 Å². The number of nitrogens with one attached hydrogen (secondary N) is 1. The number of nitrogens with two attached hydrogens (primary N) is 2. The lowest BCUT2D eigenvalue weighted by Gasteiger charge is -2.27. The quantitative estimate of drug-likeness (QED) is 0.220. The highest BCUT2D eigenvalue weighted by Crippen LogP contribution is 2.33. The van der Waals surface area contributed by atoms with Crippen molar-refractivity contribution in [1.82, 2.24) is 9.97 Å². The van der Waals surface area contributed by atoms with Gasteiger partial charge in [0, 0.05) is 11.8 Å². The first-order valence-corrected chi connectivity index (χ1v) is 10.2. The highest BCUT2D eigenvalue weighted by molar-refractivity contribution is 7.99. The third-order valence-electron chi connectivity index (χ3n) is 4.04. The summed E-state index contributed by atoms with van der Waals surface area (Å²) in [5.74, 6) is 0.366. The molecular formula is C17H31N5O4S. The first-order valence-electron chi connectivity index (χ1n) is 9.18. The minimum atomic E-state index is -1.28. The number of ether oxygens (including phenoxy) is 2. The highest BCUT2D eigenvalue weighted by Gasteiger charge is 2.39. The summed E-state index contributed by atoms with van der Waals surface area (Å²) in [6.07, 6.45) is 1.66. The van der Waals surface area contributed by atoms with Gasteiger partial charge in [-0.3, -0.25) is 0 Å². The molecule has 3 atom stereocenters. The zero-order valence-electron chi connectivity index (χ0n) is 16.1. The Bertz CT molecular complexity index is 614. The van der Waals surface area contributed by atoms with Crippen molar-refractivity contribution in [3.05, 3.63) is 0 Å². The Morgan fingerprint density at radius 2 is 1.96 bits per heavy atom. The van der Waals surface area contributed by atoms with E-state index in [1.54, 1.807) is 13.8 Å². The second-order valence-electron chi connectivity index (χ2n) is 7.05. The molecule has 0 saturated heterocycles. The number of aromatic nitrogens is 2. The molecule has 1 aliphatic carbocycles. The molecule has 0 amide bonds. The number of aliphatic hydroxyl groups is 2. The van der Waals surface area contributed by atoms with Crippen molar-refractivity contribution in [2.24, 2.45) is 0 Å². The average Bonchev–Trinajstić information content (AvgIpc) is 2.94. The molecule has 0 bridgehead atoms. The third kappa shape index (κ3) is 6.65. The van der Waals surface area contributed by atoms with Gasteiger partial charge in [0.05, 0.1) is 25.4 Å². The monoisotopic (exact) mass is 401 g/mol. The zero-order chi connectivity index (χ0) is 20.0. The molecule has 2 rings (SSSR count). The van der Waals surface area contributed by atoms with E-state index in [4.69, 9.17) is 26.0 Å². The van der Waals surface area contributed by atoms with Gasteiger partial charge in [0.1, 0.15) is 5.69 Å². The summed E-state index contributed by atoms with van der Waals surface area (Å²) in [6, 6.07) is -0.0262. The van der Waals surface area contributed by atoms with Crippen LogP contribution in [0.1, 0.15) is 40.0 Å². The molecule has 0 aliphatic heterocycles.